The van der Waals surface area contributed by atoms with Crippen LogP contribution in [0.1, 0.15) is 38.1 Å². The fraction of sp³-hybridized carbons (Fsp3) is 0.625. The second kappa shape index (κ2) is 10.4. The molecule has 0 spiro atoms. The predicted octanol–water partition coefficient (Wildman–Crippen LogP) is 1.24. The number of hydrogen-bond donors (Lipinski definition) is 1. The zero-order valence-electron chi connectivity index (χ0n) is 16.9. The highest BCUT2D eigenvalue weighted by Gasteiger charge is 2.21. The highest BCUT2D eigenvalue weighted by atomic mass is 32.8. The first-order valence-corrected chi connectivity index (χ1v) is 14.6. The Bertz CT molecular complexity index is 919. The Balaban J connectivity index is 2.97. The quantitative estimate of drug-likeness (QED) is 0.459. The summed E-state index contributed by atoms with van der Waals surface area (Å²) in [6.07, 6.45) is 4.58. The van der Waals surface area contributed by atoms with Crippen molar-refractivity contribution in [2.24, 2.45) is 0 Å². The second-order valence-electron chi connectivity index (χ2n) is 7.03. The number of carbonyl (C=O) groups excluding carboxylic acids is 1. The Morgan fingerprint density at radius 2 is 1.55 bits per heavy atom. The first-order chi connectivity index (χ1) is 13.1. The van der Waals surface area contributed by atoms with Crippen LogP contribution in [0.15, 0.2) is 12.1 Å². The van der Waals surface area contributed by atoms with Crippen LogP contribution in [-0.2, 0) is 67.3 Å². The summed E-state index contributed by atoms with van der Waals surface area (Å²) in [7, 11) is -7.68. The predicted molar refractivity (Wildman–Crippen MR) is 116 cm³/mol. The van der Waals surface area contributed by atoms with E-state index in [4.69, 9.17) is 19.6 Å². The molecule has 0 aliphatic rings. The van der Waals surface area contributed by atoms with E-state index in [9.17, 15) is 21.6 Å². The minimum Gasteiger partial charge on any atom is -0.326 e. The van der Waals surface area contributed by atoms with E-state index < -0.39 is 20.2 Å². The van der Waals surface area contributed by atoms with Crippen LogP contribution < -0.4 is 5.32 Å². The Kier molecular flexibility index (Phi) is 9.30. The number of hydrogen-bond acceptors (Lipinski definition) is 9. The molecule has 166 valence electrons. The first-order valence-electron chi connectivity index (χ1n) is 8.39. The number of nitrogens with one attached hydrogen (secondary N) is 1. The van der Waals surface area contributed by atoms with Crippen molar-refractivity contribution in [2.75, 3.05) is 24.1 Å². The van der Waals surface area contributed by atoms with Gasteiger partial charge in [0.25, 0.3) is 20.2 Å². The molecule has 0 bridgehead atoms. The van der Waals surface area contributed by atoms with E-state index in [1.54, 1.807) is 0 Å². The molecule has 13 heteroatoms. The maximum atomic E-state index is 12.3. The minimum absolute atomic E-state index is 0.159. The molecule has 29 heavy (non-hydrogen) atoms. The van der Waals surface area contributed by atoms with Crippen molar-refractivity contribution in [1.29, 1.82) is 0 Å². The van der Waals surface area contributed by atoms with Crippen molar-refractivity contribution in [2.45, 2.75) is 44.6 Å². The summed E-state index contributed by atoms with van der Waals surface area (Å²) in [6, 6.07) is 2.91. The molecular weight excluding hydrogens is 460 g/mol. The van der Waals surface area contributed by atoms with E-state index in [0.29, 0.717) is 12.1 Å². The Morgan fingerprint density at radius 1 is 1.10 bits per heavy atom. The molecule has 1 rings (SSSR count). The van der Waals surface area contributed by atoms with Crippen LogP contribution in [0.2, 0.25) is 0 Å². The van der Waals surface area contributed by atoms with Gasteiger partial charge in [-0.1, -0.05) is 25.0 Å². The second-order valence-corrected chi connectivity index (χ2v) is 13.8. The maximum absolute atomic E-state index is 12.3. The van der Waals surface area contributed by atoms with Crippen molar-refractivity contribution in [3.05, 3.63) is 23.5 Å². The van der Waals surface area contributed by atoms with Crippen LogP contribution in [0.3, 0.4) is 0 Å². The summed E-state index contributed by atoms with van der Waals surface area (Å²) in [5, 5.41) is 2.71. The van der Waals surface area contributed by atoms with Crippen LogP contribution in [0.25, 0.3) is 0 Å². The fourth-order valence-electron chi connectivity index (χ4n) is 1.99. The largest absolute Gasteiger partial charge is 0.326 e. The van der Waals surface area contributed by atoms with E-state index in [1.165, 1.54) is 12.1 Å². The Morgan fingerprint density at radius 3 is 1.93 bits per heavy atom. The number of nitrogens with zero attached hydrogens (tertiary/aromatic N) is 1. The topological polar surface area (TPSA) is 129 Å². The van der Waals surface area contributed by atoms with Gasteiger partial charge in [0.15, 0.2) is 0 Å². The van der Waals surface area contributed by atoms with Gasteiger partial charge in [-0.15, -0.1) is 9.45 Å². The summed E-state index contributed by atoms with van der Waals surface area (Å²) in [5.41, 5.74) is 0.721. The molecule has 1 aromatic heterocycles. The zero-order valence-corrected chi connectivity index (χ0v) is 20.2. The van der Waals surface area contributed by atoms with Crippen molar-refractivity contribution in [1.82, 2.24) is 4.98 Å². The third-order valence-corrected chi connectivity index (χ3v) is 8.00. The van der Waals surface area contributed by atoms with E-state index in [1.807, 2.05) is 20.1 Å². The van der Waals surface area contributed by atoms with Gasteiger partial charge in [-0.2, -0.15) is 16.8 Å². The fourth-order valence-corrected chi connectivity index (χ4v) is 3.30. The van der Waals surface area contributed by atoms with E-state index in [2.05, 4.69) is 10.3 Å². The summed E-state index contributed by atoms with van der Waals surface area (Å²) < 4.78 is 54.1. The molecule has 0 saturated carbocycles. The van der Waals surface area contributed by atoms with Crippen molar-refractivity contribution < 1.29 is 30.0 Å². The Labute approximate surface area is 179 Å². The molecule has 0 radical (unpaired) electrons. The summed E-state index contributed by atoms with van der Waals surface area (Å²) >= 11 is 5.31. The summed E-state index contributed by atoms with van der Waals surface area (Å²) in [4.78, 5) is 16.4. The molecule has 0 saturated heterocycles. The first kappa shape index (κ1) is 26.0. The maximum Gasteiger partial charge on any atom is 0.264 e. The van der Waals surface area contributed by atoms with E-state index >= 15 is 0 Å². The number of anilines is 1. The van der Waals surface area contributed by atoms with Gasteiger partial charge in [0.2, 0.25) is 5.91 Å². The van der Waals surface area contributed by atoms with Crippen molar-refractivity contribution in [3.63, 3.8) is 0 Å². The number of pyridine rings is 1. The molecule has 1 N–H and O–H groups in total. The van der Waals surface area contributed by atoms with Gasteiger partial charge in [-0.05, 0) is 24.8 Å². The SMILES string of the molecule is CS(=S)C(C)(C)CCC(=O)Nc1cc(COS(C)(=O)=O)nc(COS(C)(=O)=O)c1. The van der Waals surface area contributed by atoms with Crippen LogP contribution in [-0.4, -0.2) is 51.2 Å². The highest BCUT2D eigenvalue weighted by molar-refractivity contribution is 8.29. The van der Waals surface area contributed by atoms with Gasteiger partial charge in [0.1, 0.15) is 13.2 Å². The van der Waals surface area contributed by atoms with Gasteiger partial charge >= 0.3 is 0 Å². The lowest BCUT2D eigenvalue weighted by Crippen LogP contribution is -2.27. The van der Waals surface area contributed by atoms with E-state index in [-0.39, 0.29) is 51.1 Å². The van der Waals surface area contributed by atoms with Crippen LogP contribution in [0, 0.1) is 0 Å². The highest BCUT2D eigenvalue weighted by Crippen LogP contribution is 2.20. The van der Waals surface area contributed by atoms with Crippen LogP contribution in [0.4, 0.5) is 5.69 Å². The molecule has 0 aliphatic heterocycles. The molecule has 1 heterocycles. The molecule has 1 amide bonds. The third kappa shape index (κ3) is 11.1. The molecule has 1 aromatic rings. The van der Waals surface area contributed by atoms with Gasteiger partial charge < -0.3 is 5.32 Å². The number of rotatable bonds is 11. The molecule has 1 atom stereocenters. The molecule has 0 aromatic carbocycles. The lowest BCUT2D eigenvalue weighted by Gasteiger charge is -2.24. The van der Waals surface area contributed by atoms with Crippen molar-refractivity contribution in [3.8, 4) is 0 Å². The van der Waals surface area contributed by atoms with Crippen molar-refractivity contribution >= 4 is 52.5 Å². The molecule has 9 nitrogen and oxygen atoms in total. The van der Waals surface area contributed by atoms with Gasteiger partial charge in [0, 0.05) is 16.9 Å². The number of amides is 1. The van der Waals surface area contributed by atoms with Crippen LogP contribution >= 0.6 is 0 Å². The van der Waals surface area contributed by atoms with Crippen LogP contribution in [0.5, 0.6) is 0 Å². The number of aromatic nitrogens is 1. The normalized spacial score (nSPS) is 13.8. The lowest BCUT2D eigenvalue weighted by atomic mass is 10.1. The molecule has 0 fully saturated rings. The van der Waals surface area contributed by atoms with Gasteiger partial charge in [0.05, 0.1) is 23.9 Å². The molecule has 1 unspecified atom stereocenters. The minimum atomic E-state index is -3.70. The third-order valence-electron chi connectivity index (χ3n) is 3.79. The smallest absolute Gasteiger partial charge is 0.264 e. The van der Waals surface area contributed by atoms with E-state index in [0.717, 1.165) is 12.5 Å². The average molecular weight is 487 g/mol. The molecule has 0 aliphatic carbocycles. The summed E-state index contributed by atoms with van der Waals surface area (Å²) in [5.74, 6) is -0.255. The lowest BCUT2D eigenvalue weighted by molar-refractivity contribution is -0.116. The zero-order chi connectivity index (χ0) is 22.5. The number of carbonyl (C=O) groups is 1. The van der Waals surface area contributed by atoms with Gasteiger partial charge in [-0.25, -0.2) is 0 Å². The summed E-state index contributed by atoms with van der Waals surface area (Å²) in [6.45, 7) is 3.28. The Hall–Kier alpha value is -0.990. The molecular formula is C16H26N2O7S4. The average Bonchev–Trinajstić information content (AvgIpc) is 2.55. The van der Waals surface area contributed by atoms with Gasteiger partial charge in [-0.3, -0.25) is 18.1 Å². The standard InChI is InChI=1S/C16H26N2O7S4/c1-16(2,27(3)26)7-6-15(19)18-12-8-13(10-24-28(4,20)21)17-14(9-12)11-25-29(5,22)23/h8-9H,6-7,10-11H2,1-5H3,(H,17,18,19). The monoisotopic (exact) mass is 486 g/mol.